The molecule has 1 amide bonds. The third-order valence-corrected chi connectivity index (χ3v) is 4.74. The fraction of sp³-hybridized carbons (Fsp3) is 0.174. The Bertz CT molecular complexity index is 1190. The van der Waals surface area contributed by atoms with Crippen molar-refractivity contribution >= 4 is 33.4 Å². The zero-order valence-electron chi connectivity index (χ0n) is 16.5. The van der Waals surface area contributed by atoms with Crippen molar-refractivity contribution in [3.63, 3.8) is 0 Å². The van der Waals surface area contributed by atoms with Crippen molar-refractivity contribution < 1.29 is 14.3 Å². The maximum Gasteiger partial charge on any atom is 0.244 e. The molecule has 0 fully saturated rings. The number of rotatable bonds is 7. The largest absolute Gasteiger partial charge is 0.475 e. The Morgan fingerprint density at radius 3 is 2.23 bits per heavy atom. The topological polar surface area (TPSA) is 82.5 Å². The molecule has 7 heteroatoms. The molecule has 1 N–H and O–H groups in total. The standard InChI is InChI=1S/C23H21N3O4/c1-29-12-13-30-22-11-10-16(14-24-22)25-21(27)15-26-19-8-4-2-6-17(19)23(28)18-7-3-5-9-20(18)26/h2-11,14H,12-13,15H2,1H3,(H,25,27). The fourth-order valence-electron chi connectivity index (χ4n) is 3.36. The number of anilines is 1. The first-order valence-corrected chi connectivity index (χ1v) is 9.55. The van der Waals surface area contributed by atoms with Gasteiger partial charge in [-0.25, -0.2) is 4.98 Å². The summed E-state index contributed by atoms with van der Waals surface area (Å²) in [7, 11) is 1.60. The Balaban J connectivity index is 1.59. The summed E-state index contributed by atoms with van der Waals surface area (Å²) in [5, 5.41) is 4.02. The normalized spacial score (nSPS) is 11.0. The molecule has 30 heavy (non-hydrogen) atoms. The molecule has 0 aliphatic carbocycles. The predicted octanol–water partition coefficient (Wildman–Crippen LogP) is 3.21. The van der Waals surface area contributed by atoms with E-state index < -0.39 is 0 Å². The maximum atomic E-state index is 12.8. The molecule has 152 valence electrons. The number of hydrogen-bond acceptors (Lipinski definition) is 5. The number of carbonyl (C=O) groups excluding carboxylic acids is 1. The van der Waals surface area contributed by atoms with Gasteiger partial charge in [-0.15, -0.1) is 0 Å². The summed E-state index contributed by atoms with van der Waals surface area (Å²) < 4.78 is 12.2. The lowest BCUT2D eigenvalue weighted by molar-refractivity contribution is -0.116. The highest BCUT2D eigenvalue weighted by Gasteiger charge is 2.13. The van der Waals surface area contributed by atoms with Crippen molar-refractivity contribution in [2.45, 2.75) is 6.54 Å². The number of nitrogens with zero attached hydrogens (tertiary/aromatic N) is 2. The molecule has 0 spiro atoms. The molecule has 7 nitrogen and oxygen atoms in total. The van der Waals surface area contributed by atoms with E-state index in [0.717, 1.165) is 11.0 Å². The number of nitrogens with one attached hydrogen (secondary N) is 1. The Morgan fingerprint density at radius 1 is 0.967 bits per heavy atom. The van der Waals surface area contributed by atoms with Crippen LogP contribution in [0.25, 0.3) is 21.8 Å². The zero-order valence-corrected chi connectivity index (χ0v) is 16.5. The minimum Gasteiger partial charge on any atom is -0.475 e. The summed E-state index contributed by atoms with van der Waals surface area (Å²) in [4.78, 5) is 29.7. The predicted molar refractivity (Wildman–Crippen MR) is 116 cm³/mol. The van der Waals surface area contributed by atoms with Gasteiger partial charge in [-0.1, -0.05) is 24.3 Å². The summed E-state index contributed by atoms with van der Waals surface area (Å²) in [6.07, 6.45) is 1.54. The number of benzene rings is 2. The van der Waals surface area contributed by atoms with Crippen LogP contribution < -0.4 is 15.5 Å². The average molecular weight is 403 g/mol. The van der Waals surface area contributed by atoms with E-state index in [1.165, 1.54) is 0 Å². The fourth-order valence-corrected chi connectivity index (χ4v) is 3.36. The highest BCUT2D eigenvalue weighted by molar-refractivity contribution is 5.97. The lowest BCUT2D eigenvalue weighted by atomic mass is 10.1. The molecule has 0 aliphatic rings. The van der Waals surface area contributed by atoms with Gasteiger partial charge in [-0.3, -0.25) is 9.59 Å². The maximum absolute atomic E-state index is 12.8. The second kappa shape index (κ2) is 8.75. The van der Waals surface area contributed by atoms with Crippen molar-refractivity contribution in [3.8, 4) is 5.88 Å². The molecule has 4 rings (SSSR count). The van der Waals surface area contributed by atoms with Crippen molar-refractivity contribution in [1.82, 2.24) is 9.55 Å². The summed E-state index contributed by atoms with van der Waals surface area (Å²) >= 11 is 0. The minimum absolute atomic E-state index is 0.0360. The van der Waals surface area contributed by atoms with Crippen molar-refractivity contribution in [1.29, 1.82) is 0 Å². The molecule has 0 saturated carbocycles. The van der Waals surface area contributed by atoms with Gasteiger partial charge in [0.25, 0.3) is 0 Å². The lowest BCUT2D eigenvalue weighted by Crippen LogP contribution is -2.21. The molecule has 0 unspecified atom stereocenters. The van der Waals surface area contributed by atoms with Gasteiger partial charge < -0.3 is 19.4 Å². The molecule has 0 aliphatic heterocycles. The Hall–Kier alpha value is -3.71. The van der Waals surface area contributed by atoms with E-state index in [0.29, 0.717) is 35.6 Å². The Labute approximate surface area is 172 Å². The van der Waals surface area contributed by atoms with Gasteiger partial charge in [-0.2, -0.15) is 0 Å². The van der Waals surface area contributed by atoms with Crippen LogP contribution in [0.2, 0.25) is 0 Å². The number of para-hydroxylation sites is 2. The van der Waals surface area contributed by atoms with E-state index in [2.05, 4.69) is 10.3 Å². The molecular formula is C23H21N3O4. The van der Waals surface area contributed by atoms with Gasteiger partial charge in [0.15, 0.2) is 5.43 Å². The third-order valence-electron chi connectivity index (χ3n) is 4.74. The number of methoxy groups -OCH3 is 1. The first-order valence-electron chi connectivity index (χ1n) is 9.55. The van der Waals surface area contributed by atoms with Gasteiger partial charge in [0.1, 0.15) is 13.2 Å². The number of pyridine rings is 2. The second-order valence-electron chi connectivity index (χ2n) is 6.72. The lowest BCUT2D eigenvalue weighted by Gasteiger charge is -2.15. The van der Waals surface area contributed by atoms with Crippen LogP contribution in [0.4, 0.5) is 5.69 Å². The van der Waals surface area contributed by atoms with Gasteiger partial charge in [0, 0.05) is 23.9 Å². The van der Waals surface area contributed by atoms with Gasteiger partial charge in [0.05, 0.1) is 29.5 Å². The van der Waals surface area contributed by atoms with E-state index in [9.17, 15) is 9.59 Å². The van der Waals surface area contributed by atoms with Crippen LogP contribution in [-0.4, -0.2) is 35.8 Å². The first-order chi connectivity index (χ1) is 14.7. The van der Waals surface area contributed by atoms with E-state index in [1.54, 1.807) is 37.6 Å². The van der Waals surface area contributed by atoms with Crippen LogP contribution in [-0.2, 0) is 16.1 Å². The number of fused-ring (bicyclic) bond motifs is 2. The van der Waals surface area contributed by atoms with Gasteiger partial charge in [-0.05, 0) is 30.3 Å². The van der Waals surface area contributed by atoms with E-state index in [1.807, 2.05) is 41.0 Å². The highest BCUT2D eigenvalue weighted by atomic mass is 16.5. The van der Waals surface area contributed by atoms with Crippen LogP contribution in [0.15, 0.2) is 71.7 Å². The van der Waals surface area contributed by atoms with Crippen LogP contribution in [0.5, 0.6) is 5.88 Å². The third kappa shape index (κ3) is 4.01. The zero-order chi connectivity index (χ0) is 20.9. The summed E-state index contributed by atoms with van der Waals surface area (Å²) in [5.74, 6) is 0.242. The number of amides is 1. The van der Waals surface area contributed by atoms with Crippen LogP contribution in [0.1, 0.15) is 0 Å². The average Bonchev–Trinajstić information content (AvgIpc) is 2.78. The second-order valence-corrected chi connectivity index (χ2v) is 6.72. The van der Waals surface area contributed by atoms with Crippen LogP contribution in [0.3, 0.4) is 0 Å². The van der Waals surface area contributed by atoms with Crippen molar-refractivity contribution in [2.24, 2.45) is 0 Å². The van der Waals surface area contributed by atoms with Crippen molar-refractivity contribution in [3.05, 3.63) is 77.1 Å². The van der Waals surface area contributed by atoms with Crippen LogP contribution in [0, 0.1) is 0 Å². The summed E-state index contributed by atoms with van der Waals surface area (Å²) in [6.45, 7) is 0.941. The number of hydrogen-bond donors (Lipinski definition) is 1. The molecule has 2 aromatic heterocycles. The van der Waals surface area contributed by atoms with E-state index in [4.69, 9.17) is 9.47 Å². The Morgan fingerprint density at radius 2 is 1.63 bits per heavy atom. The first kappa shape index (κ1) is 19.6. The van der Waals surface area contributed by atoms with E-state index in [-0.39, 0.29) is 17.9 Å². The van der Waals surface area contributed by atoms with Gasteiger partial charge in [0.2, 0.25) is 11.8 Å². The summed E-state index contributed by atoms with van der Waals surface area (Å²) in [5.41, 5.74) is 1.97. The monoisotopic (exact) mass is 403 g/mol. The quantitative estimate of drug-likeness (QED) is 0.378. The molecule has 0 saturated heterocycles. The molecule has 2 heterocycles. The highest BCUT2D eigenvalue weighted by Crippen LogP contribution is 2.19. The van der Waals surface area contributed by atoms with Crippen molar-refractivity contribution in [2.75, 3.05) is 25.6 Å². The van der Waals surface area contributed by atoms with Crippen LogP contribution >= 0.6 is 0 Å². The molecule has 0 radical (unpaired) electrons. The number of aromatic nitrogens is 2. The minimum atomic E-state index is -0.219. The smallest absolute Gasteiger partial charge is 0.244 e. The number of ether oxygens (including phenoxy) is 2. The summed E-state index contributed by atoms with van der Waals surface area (Å²) in [6, 6.07) is 18.1. The Kier molecular flexibility index (Phi) is 5.72. The SMILES string of the molecule is COCCOc1ccc(NC(=O)Cn2c3ccccc3c(=O)c3ccccc32)cn1. The molecule has 0 bridgehead atoms. The van der Waals surface area contributed by atoms with E-state index >= 15 is 0 Å². The molecule has 4 aromatic rings. The molecular weight excluding hydrogens is 382 g/mol. The molecule has 0 atom stereocenters. The number of carbonyl (C=O) groups is 1. The van der Waals surface area contributed by atoms with Gasteiger partial charge >= 0.3 is 0 Å². The molecule has 2 aromatic carbocycles.